The number of anilines is 2. The Hall–Kier alpha value is -3.69. The molecule has 4 heterocycles. The number of nitrogens with two attached hydrogens (primary N) is 1. The van der Waals surface area contributed by atoms with Crippen molar-refractivity contribution < 1.29 is 13.9 Å². The zero-order chi connectivity index (χ0) is 20.5. The third-order valence-electron chi connectivity index (χ3n) is 5.02. The van der Waals surface area contributed by atoms with Gasteiger partial charge in [-0.3, -0.25) is 14.2 Å². The molecule has 1 aliphatic rings. The minimum atomic E-state index is -0.615. The number of fused-ring (bicyclic) bond motifs is 1. The highest BCUT2D eigenvalue weighted by molar-refractivity contribution is 5.91. The highest BCUT2D eigenvalue weighted by Gasteiger charge is 2.25. The SMILES string of the molecule is NC(=O)c1cc(-c2cnc(N(c3ccccc3)N3CCOCC3)c3nccn23)co1. The van der Waals surface area contributed by atoms with Crippen molar-refractivity contribution in [3.8, 4) is 11.3 Å². The molecule has 1 aliphatic heterocycles. The second-order valence-electron chi connectivity index (χ2n) is 6.87. The number of imidazole rings is 1. The van der Waals surface area contributed by atoms with Crippen molar-refractivity contribution in [1.82, 2.24) is 19.4 Å². The van der Waals surface area contributed by atoms with Gasteiger partial charge in [-0.1, -0.05) is 18.2 Å². The van der Waals surface area contributed by atoms with Gasteiger partial charge in [-0.15, -0.1) is 0 Å². The molecule has 3 aromatic heterocycles. The maximum atomic E-state index is 11.4. The molecule has 0 aliphatic carbocycles. The summed E-state index contributed by atoms with van der Waals surface area (Å²) in [6, 6.07) is 11.7. The lowest BCUT2D eigenvalue weighted by Crippen LogP contribution is -2.47. The van der Waals surface area contributed by atoms with E-state index >= 15 is 0 Å². The number of benzene rings is 1. The maximum absolute atomic E-state index is 11.4. The van der Waals surface area contributed by atoms with Crippen molar-refractivity contribution in [3.63, 3.8) is 0 Å². The van der Waals surface area contributed by atoms with Gasteiger partial charge in [0.2, 0.25) is 0 Å². The minimum absolute atomic E-state index is 0.0987. The van der Waals surface area contributed by atoms with Crippen LogP contribution in [0.25, 0.3) is 16.9 Å². The highest BCUT2D eigenvalue weighted by atomic mass is 16.5. The predicted octanol–water partition coefficient (Wildman–Crippen LogP) is 2.47. The Kier molecular flexibility index (Phi) is 4.66. The number of carbonyl (C=O) groups excluding carboxylic acids is 1. The standard InChI is InChI=1S/C21H20N6O3/c22-19(28)18-12-15(14-30-18)17-13-24-21(20-23-6-7-26(17)20)27(16-4-2-1-3-5-16)25-8-10-29-11-9-25/h1-7,12-14H,8-11H2,(H2,22,28). The summed E-state index contributed by atoms with van der Waals surface area (Å²) in [6.45, 7) is 2.79. The molecule has 0 unspecified atom stereocenters. The van der Waals surface area contributed by atoms with Crippen molar-refractivity contribution in [2.45, 2.75) is 0 Å². The van der Waals surface area contributed by atoms with E-state index in [2.05, 4.69) is 15.0 Å². The summed E-state index contributed by atoms with van der Waals surface area (Å²) < 4.78 is 12.7. The topological polar surface area (TPSA) is 102 Å². The molecule has 1 aromatic carbocycles. The molecule has 1 amide bonds. The number of para-hydroxylation sites is 1. The lowest BCUT2D eigenvalue weighted by Gasteiger charge is -2.38. The van der Waals surface area contributed by atoms with Gasteiger partial charge >= 0.3 is 0 Å². The second-order valence-corrected chi connectivity index (χ2v) is 6.87. The van der Waals surface area contributed by atoms with Gasteiger partial charge in [-0.2, -0.15) is 0 Å². The molecule has 4 aromatic rings. The quantitative estimate of drug-likeness (QED) is 0.545. The Morgan fingerprint density at radius 1 is 1.13 bits per heavy atom. The molecule has 0 saturated carbocycles. The summed E-state index contributed by atoms with van der Waals surface area (Å²) in [5, 5.41) is 4.29. The Morgan fingerprint density at radius 3 is 2.67 bits per heavy atom. The number of hydrazine groups is 1. The van der Waals surface area contributed by atoms with Crippen molar-refractivity contribution in [3.05, 3.63) is 67.0 Å². The van der Waals surface area contributed by atoms with E-state index in [4.69, 9.17) is 19.9 Å². The van der Waals surface area contributed by atoms with E-state index in [1.165, 1.54) is 6.26 Å². The zero-order valence-corrected chi connectivity index (χ0v) is 16.1. The van der Waals surface area contributed by atoms with E-state index in [0.717, 1.165) is 24.5 Å². The Balaban J connectivity index is 1.64. The second kappa shape index (κ2) is 7.62. The smallest absolute Gasteiger partial charge is 0.284 e. The van der Waals surface area contributed by atoms with Crippen LogP contribution in [0.2, 0.25) is 0 Å². The summed E-state index contributed by atoms with van der Waals surface area (Å²) in [5.41, 5.74) is 8.44. The average molecular weight is 404 g/mol. The fourth-order valence-corrected chi connectivity index (χ4v) is 3.61. The number of morpholine rings is 1. The number of amides is 1. The summed E-state index contributed by atoms with van der Waals surface area (Å²) in [7, 11) is 0. The van der Waals surface area contributed by atoms with Gasteiger partial charge in [-0.05, 0) is 18.2 Å². The van der Waals surface area contributed by atoms with Crippen molar-refractivity contribution in [1.29, 1.82) is 0 Å². The Bertz CT molecular complexity index is 1180. The van der Waals surface area contributed by atoms with Crippen LogP contribution < -0.4 is 10.7 Å². The largest absolute Gasteiger partial charge is 0.458 e. The lowest BCUT2D eigenvalue weighted by atomic mass is 10.2. The zero-order valence-electron chi connectivity index (χ0n) is 16.1. The number of rotatable bonds is 5. The molecule has 0 radical (unpaired) electrons. The van der Waals surface area contributed by atoms with E-state index in [1.54, 1.807) is 18.5 Å². The molecule has 5 rings (SSSR count). The molecule has 152 valence electrons. The Labute approximate surface area is 172 Å². The fourth-order valence-electron chi connectivity index (χ4n) is 3.61. The van der Waals surface area contributed by atoms with E-state index < -0.39 is 5.91 Å². The molecule has 30 heavy (non-hydrogen) atoms. The molecular weight excluding hydrogens is 384 g/mol. The number of furan rings is 1. The van der Waals surface area contributed by atoms with Crippen molar-refractivity contribution in [2.24, 2.45) is 5.73 Å². The first-order valence-electron chi connectivity index (χ1n) is 9.61. The average Bonchev–Trinajstić information content (AvgIpc) is 3.46. The van der Waals surface area contributed by atoms with Crippen LogP contribution in [0.1, 0.15) is 10.6 Å². The Morgan fingerprint density at radius 2 is 1.93 bits per heavy atom. The van der Waals surface area contributed by atoms with Gasteiger partial charge in [0.25, 0.3) is 5.91 Å². The van der Waals surface area contributed by atoms with Crippen molar-refractivity contribution in [2.75, 3.05) is 31.3 Å². The molecular formula is C21H20N6O3. The van der Waals surface area contributed by atoms with Crippen LogP contribution >= 0.6 is 0 Å². The number of ether oxygens (including phenoxy) is 1. The summed E-state index contributed by atoms with van der Waals surface area (Å²) in [4.78, 5) is 20.7. The van der Waals surface area contributed by atoms with Crippen LogP contribution in [0.3, 0.4) is 0 Å². The molecule has 1 fully saturated rings. The van der Waals surface area contributed by atoms with E-state index in [1.807, 2.05) is 40.9 Å². The fraction of sp³-hybridized carbons (Fsp3) is 0.190. The van der Waals surface area contributed by atoms with Crippen LogP contribution in [0.15, 0.2) is 65.7 Å². The third-order valence-corrected chi connectivity index (χ3v) is 5.02. The van der Waals surface area contributed by atoms with Gasteiger partial charge in [0, 0.05) is 31.0 Å². The predicted molar refractivity (Wildman–Crippen MR) is 110 cm³/mol. The first-order valence-corrected chi connectivity index (χ1v) is 9.61. The summed E-state index contributed by atoms with van der Waals surface area (Å²) in [6.07, 6.45) is 6.82. The van der Waals surface area contributed by atoms with Crippen LogP contribution in [0.5, 0.6) is 0 Å². The molecule has 2 N–H and O–H groups in total. The normalized spacial score (nSPS) is 14.8. The van der Waals surface area contributed by atoms with E-state index in [9.17, 15) is 4.79 Å². The molecule has 0 atom stereocenters. The highest BCUT2D eigenvalue weighted by Crippen LogP contribution is 2.32. The van der Waals surface area contributed by atoms with E-state index in [0.29, 0.717) is 30.2 Å². The molecule has 9 nitrogen and oxygen atoms in total. The molecule has 1 saturated heterocycles. The molecule has 9 heteroatoms. The monoisotopic (exact) mass is 404 g/mol. The number of nitrogens with zero attached hydrogens (tertiary/aromatic N) is 5. The lowest BCUT2D eigenvalue weighted by molar-refractivity contribution is 0.0376. The van der Waals surface area contributed by atoms with Gasteiger partial charge < -0.3 is 14.9 Å². The number of aromatic nitrogens is 3. The van der Waals surface area contributed by atoms with Crippen LogP contribution in [-0.2, 0) is 4.74 Å². The van der Waals surface area contributed by atoms with Gasteiger partial charge in [-0.25, -0.2) is 15.0 Å². The van der Waals surface area contributed by atoms with E-state index in [-0.39, 0.29) is 5.76 Å². The van der Waals surface area contributed by atoms with Gasteiger partial charge in [0.15, 0.2) is 17.2 Å². The van der Waals surface area contributed by atoms with Crippen LogP contribution in [0, 0.1) is 0 Å². The van der Waals surface area contributed by atoms with Crippen LogP contribution in [-0.4, -0.2) is 51.6 Å². The van der Waals surface area contributed by atoms with Crippen LogP contribution in [0.4, 0.5) is 11.5 Å². The number of hydrogen-bond acceptors (Lipinski definition) is 7. The number of carbonyl (C=O) groups is 1. The number of hydrogen-bond donors (Lipinski definition) is 1. The third kappa shape index (κ3) is 3.19. The minimum Gasteiger partial charge on any atom is -0.458 e. The summed E-state index contributed by atoms with van der Waals surface area (Å²) in [5.74, 6) is 0.187. The van der Waals surface area contributed by atoms with Crippen molar-refractivity contribution >= 4 is 23.1 Å². The molecule has 0 bridgehead atoms. The van der Waals surface area contributed by atoms with Gasteiger partial charge in [0.1, 0.15) is 6.26 Å². The number of primary amides is 1. The van der Waals surface area contributed by atoms with Gasteiger partial charge in [0.05, 0.1) is 30.8 Å². The first-order chi connectivity index (χ1) is 14.7. The molecule has 0 spiro atoms. The maximum Gasteiger partial charge on any atom is 0.284 e. The first kappa shape index (κ1) is 18.3. The summed E-state index contributed by atoms with van der Waals surface area (Å²) >= 11 is 0.